The van der Waals surface area contributed by atoms with Crippen molar-refractivity contribution in [3.05, 3.63) is 37.5 Å². The lowest BCUT2D eigenvalue weighted by Gasteiger charge is -1.98. The first-order chi connectivity index (χ1) is 4.35. The summed E-state index contributed by atoms with van der Waals surface area (Å²) in [5.41, 5.74) is 0. The first-order valence-electron chi connectivity index (χ1n) is 3.27. The molecule has 0 aliphatic heterocycles. The standard InChI is InChI=1S/C9H14/c1-4-7-8-9(5-2)6-3/h4-5,7-9H,1-2,6H2,3H3/b8-7-. The largest absolute Gasteiger partial charge is 0.102 e. The molecule has 0 N–H and O–H groups in total. The first-order valence-corrected chi connectivity index (χ1v) is 3.27. The van der Waals surface area contributed by atoms with Gasteiger partial charge in [-0.05, 0) is 12.3 Å². The highest BCUT2D eigenvalue weighted by Crippen LogP contribution is 2.04. The zero-order valence-corrected chi connectivity index (χ0v) is 6.01. The summed E-state index contributed by atoms with van der Waals surface area (Å²) in [4.78, 5) is 0. The van der Waals surface area contributed by atoms with Gasteiger partial charge in [0, 0.05) is 0 Å². The summed E-state index contributed by atoms with van der Waals surface area (Å²) in [6.45, 7) is 9.42. The topological polar surface area (TPSA) is 0 Å². The van der Waals surface area contributed by atoms with Crippen molar-refractivity contribution < 1.29 is 0 Å². The van der Waals surface area contributed by atoms with Crippen molar-refractivity contribution >= 4 is 0 Å². The maximum absolute atomic E-state index is 3.70. The van der Waals surface area contributed by atoms with E-state index in [1.165, 1.54) is 0 Å². The van der Waals surface area contributed by atoms with Crippen LogP contribution in [-0.4, -0.2) is 0 Å². The molecular weight excluding hydrogens is 108 g/mol. The van der Waals surface area contributed by atoms with E-state index < -0.39 is 0 Å². The monoisotopic (exact) mass is 122 g/mol. The second kappa shape index (κ2) is 5.36. The van der Waals surface area contributed by atoms with Gasteiger partial charge < -0.3 is 0 Å². The molecule has 50 valence electrons. The summed E-state index contributed by atoms with van der Waals surface area (Å²) in [5.74, 6) is 0.517. The molecule has 0 aromatic carbocycles. The Kier molecular flexibility index (Phi) is 4.89. The number of rotatable bonds is 4. The SMILES string of the molecule is C=C/C=C\C(C=C)CC. The molecule has 9 heavy (non-hydrogen) atoms. The van der Waals surface area contributed by atoms with Gasteiger partial charge in [0.2, 0.25) is 0 Å². The lowest BCUT2D eigenvalue weighted by Crippen LogP contribution is -1.85. The molecule has 0 aliphatic rings. The maximum atomic E-state index is 3.70. The molecule has 0 aromatic rings. The van der Waals surface area contributed by atoms with Crippen LogP contribution in [0.2, 0.25) is 0 Å². The zero-order chi connectivity index (χ0) is 7.11. The molecule has 0 saturated heterocycles. The molecular formula is C9H14. The number of hydrogen-bond donors (Lipinski definition) is 0. The number of hydrogen-bond acceptors (Lipinski definition) is 0. The van der Waals surface area contributed by atoms with Gasteiger partial charge in [-0.25, -0.2) is 0 Å². The Morgan fingerprint density at radius 1 is 1.44 bits per heavy atom. The summed E-state index contributed by atoms with van der Waals surface area (Å²) in [5, 5.41) is 0. The third kappa shape index (κ3) is 3.77. The van der Waals surface area contributed by atoms with Crippen LogP contribution in [0, 0.1) is 5.92 Å². The second-order valence-electron chi connectivity index (χ2n) is 1.93. The van der Waals surface area contributed by atoms with Crippen molar-refractivity contribution in [2.24, 2.45) is 5.92 Å². The Labute approximate surface area is 57.6 Å². The average Bonchev–Trinajstić information content (AvgIpc) is 1.91. The summed E-state index contributed by atoms with van der Waals surface area (Å²) in [6.07, 6.45) is 8.90. The minimum absolute atomic E-state index is 0.517. The minimum Gasteiger partial charge on any atom is -0.102 e. The van der Waals surface area contributed by atoms with Crippen molar-refractivity contribution in [2.45, 2.75) is 13.3 Å². The fourth-order valence-electron chi connectivity index (χ4n) is 0.603. The fraction of sp³-hybridized carbons (Fsp3) is 0.333. The van der Waals surface area contributed by atoms with Gasteiger partial charge in [0.25, 0.3) is 0 Å². The van der Waals surface area contributed by atoms with Crippen LogP contribution in [0.15, 0.2) is 37.5 Å². The summed E-state index contributed by atoms with van der Waals surface area (Å²) in [7, 11) is 0. The van der Waals surface area contributed by atoms with Gasteiger partial charge in [-0.3, -0.25) is 0 Å². The van der Waals surface area contributed by atoms with Crippen LogP contribution >= 0.6 is 0 Å². The van der Waals surface area contributed by atoms with E-state index in [0.29, 0.717) is 5.92 Å². The first kappa shape index (κ1) is 8.22. The molecule has 1 unspecified atom stereocenters. The van der Waals surface area contributed by atoms with Crippen molar-refractivity contribution in [1.82, 2.24) is 0 Å². The Bertz CT molecular complexity index is 109. The lowest BCUT2D eigenvalue weighted by molar-refractivity contribution is 0.776. The van der Waals surface area contributed by atoms with E-state index in [2.05, 4.69) is 26.2 Å². The van der Waals surface area contributed by atoms with E-state index >= 15 is 0 Å². The summed E-state index contributed by atoms with van der Waals surface area (Å²) >= 11 is 0. The van der Waals surface area contributed by atoms with Gasteiger partial charge in [0.1, 0.15) is 0 Å². The Morgan fingerprint density at radius 2 is 2.11 bits per heavy atom. The molecule has 0 saturated carbocycles. The number of allylic oxidation sites excluding steroid dienone is 4. The van der Waals surface area contributed by atoms with Crippen LogP contribution in [0.3, 0.4) is 0 Å². The highest BCUT2D eigenvalue weighted by atomic mass is 14.0. The molecule has 0 nitrogen and oxygen atoms in total. The molecule has 0 heterocycles. The minimum atomic E-state index is 0.517. The van der Waals surface area contributed by atoms with Crippen molar-refractivity contribution in [1.29, 1.82) is 0 Å². The summed E-state index contributed by atoms with van der Waals surface area (Å²) < 4.78 is 0. The van der Waals surface area contributed by atoms with Crippen molar-refractivity contribution in [2.75, 3.05) is 0 Å². The Hall–Kier alpha value is -0.780. The van der Waals surface area contributed by atoms with Crippen LogP contribution in [0.1, 0.15) is 13.3 Å². The average molecular weight is 122 g/mol. The predicted octanol–water partition coefficient (Wildman–Crippen LogP) is 2.94. The molecule has 0 radical (unpaired) electrons. The molecule has 0 aliphatic carbocycles. The molecule has 1 atom stereocenters. The molecule has 0 fully saturated rings. The summed E-state index contributed by atoms with van der Waals surface area (Å²) in [6, 6.07) is 0. The van der Waals surface area contributed by atoms with E-state index in [-0.39, 0.29) is 0 Å². The van der Waals surface area contributed by atoms with Crippen molar-refractivity contribution in [3.63, 3.8) is 0 Å². The maximum Gasteiger partial charge on any atom is -0.00557 e. The van der Waals surface area contributed by atoms with E-state index in [4.69, 9.17) is 0 Å². The lowest BCUT2D eigenvalue weighted by atomic mass is 10.1. The van der Waals surface area contributed by atoms with Crippen LogP contribution < -0.4 is 0 Å². The van der Waals surface area contributed by atoms with Gasteiger partial charge in [0.15, 0.2) is 0 Å². The Balaban J connectivity index is 3.66. The highest BCUT2D eigenvalue weighted by Gasteiger charge is 1.90. The molecule has 0 amide bonds. The molecule has 0 rings (SSSR count). The molecule has 0 bridgehead atoms. The highest BCUT2D eigenvalue weighted by molar-refractivity contribution is 5.03. The van der Waals surface area contributed by atoms with Gasteiger partial charge in [-0.2, -0.15) is 0 Å². The smallest absolute Gasteiger partial charge is 0.00557 e. The zero-order valence-electron chi connectivity index (χ0n) is 6.01. The molecule has 0 spiro atoms. The normalized spacial score (nSPS) is 13.4. The van der Waals surface area contributed by atoms with Crippen LogP contribution in [0.25, 0.3) is 0 Å². The van der Waals surface area contributed by atoms with Gasteiger partial charge in [-0.15, -0.1) is 6.58 Å². The van der Waals surface area contributed by atoms with Crippen LogP contribution in [-0.2, 0) is 0 Å². The van der Waals surface area contributed by atoms with Gasteiger partial charge >= 0.3 is 0 Å². The fourth-order valence-corrected chi connectivity index (χ4v) is 0.603. The van der Waals surface area contributed by atoms with Crippen molar-refractivity contribution in [3.8, 4) is 0 Å². The van der Waals surface area contributed by atoms with E-state index in [1.807, 2.05) is 12.2 Å². The van der Waals surface area contributed by atoms with E-state index in [0.717, 1.165) is 6.42 Å². The van der Waals surface area contributed by atoms with Gasteiger partial charge in [-0.1, -0.05) is 37.8 Å². The second-order valence-corrected chi connectivity index (χ2v) is 1.93. The quantitative estimate of drug-likeness (QED) is 0.397. The van der Waals surface area contributed by atoms with E-state index in [9.17, 15) is 0 Å². The Morgan fingerprint density at radius 3 is 2.44 bits per heavy atom. The molecule has 0 aromatic heterocycles. The van der Waals surface area contributed by atoms with Gasteiger partial charge in [0.05, 0.1) is 0 Å². The van der Waals surface area contributed by atoms with Crippen LogP contribution in [0.5, 0.6) is 0 Å². The van der Waals surface area contributed by atoms with Crippen LogP contribution in [0.4, 0.5) is 0 Å². The molecule has 0 heteroatoms. The third-order valence-electron chi connectivity index (χ3n) is 1.27. The third-order valence-corrected chi connectivity index (χ3v) is 1.27. The predicted molar refractivity (Wildman–Crippen MR) is 43.3 cm³/mol. The van der Waals surface area contributed by atoms with E-state index in [1.54, 1.807) is 6.08 Å².